The number of nitrogens with one attached hydrogen (secondary N) is 1. The van der Waals surface area contributed by atoms with Gasteiger partial charge in [-0.05, 0) is 38.8 Å². The molecule has 1 N–H and O–H groups in total. The highest BCUT2D eigenvalue weighted by atomic mass is 32.2. The first-order chi connectivity index (χ1) is 8.40. The fraction of sp³-hybridized carbons (Fsp3) is 0.533. The van der Waals surface area contributed by atoms with Crippen molar-refractivity contribution >= 4 is 17.7 Å². The molecule has 100 valence electrons. The lowest BCUT2D eigenvalue weighted by atomic mass is 10.1. The van der Waals surface area contributed by atoms with Gasteiger partial charge in [0.15, 0.2) is 0 Å². The molecule has 0 aromatic heterocycles. The minimum atomic E-state index is -0.0612. The lowest BCUT2D eigenvalue weighted by molar-refractivity contribution is -0.121. The molecule has 1 aromatic carbocycles. The fourth-order valence-corrected chi connectivity index (χ4v) is 2.26. The number of thioether (sulfide) groups is 1. The van der Waals surface area contributed by atoms with Gasteiger partial charge < -0.3 is 5.32 Å². The Morgan fingerprint density at radius 1 is 1.11 bits per heavy atom. The van der Waals surface area contributed by atoms with Gasteiger partial charge in [0.2, 0.25) is 5.91 Å². The molecular weight excluding hydrogens is 242 g/mol. The zero-order valence-electron chi connectivity index (χ0n) is 11.9. The second-order valence-electron chi connectivity index (χ2n) is 5.11. The van der Waals surface area contributed by atoms with E-state index in [0.717, 1.165) is 4.90 Å². The van der Waals surface area contributed by atoms with Crippen molar-refractivity contribution in [3.05, 3.63) is 29.8 Å². The summed E-state index contributed by atoms with van der Waals surface area (Å²) in [5.41, 5.74) is 1.24. The molecular formula is C15H23NOS. The van der Waals surface area contributed by atoms with Crippen molar-refractivity contribution in [2.75, 3.05) is 0 Å². The summed E-state index contributed by atoms with van der Waals surface area (Å²) in [5.74, 6) is 0.576. The van der Waals surface area contributed by atoms with Crippen LogP contribution >= 0.6 is 11.8 Å². The maximum atomic E-state index is 12.0. The van der Waals surface area contributed by atoms with Gasteiger partial charge in [-0.2, -0.15) is 0 Å². The molecule has 0 aliphatic rings. The Kier molecular flexibility index (Phi) is 5.73. The van der Waals surface area contributed by atoms with Crippen LogP contribution in [0.3, 0.4) is 0 Å². The van der Waals surface area contributed by atoms with Gasteiger partial charge in [0.05, 0.1) is 5.25 Å². The second-order valence-corrected chi connectivity index (χ2v) is 6.53. The number of benzene rings is 1. The number of carbonyl (C=O) groups is 1. The minimum absolute atomic E-state index is 0.0612. The molecule has 2 nitrogen and oxygen atoms in total. The topological polar surface area (TPSA) is 29.1 Å². The maximum absolute atomic E-state index is 12.0. The molecule has 0 unspecified atom stereocenters. The molecule has 0 aliphatic heterocycles. The van der Waals surface area contributed by atoms with Crippen molar-refractivity contribution in [2.45, 2.75) is 50.8 Å². The van der Waals surface area contributed by atoms with Crippen LogP contribution in [0.15, 0.2) is 29.2 Å². The molecule has 1 amide bonds. The lowest BCUT2D eigenvalue weighted by Crippen LogP contribution is -2.40. The highest BCUT2D eigenvalue weighted by Crippen LogP contribution is 2.23. The summed E-state index contributed by atoms with van der Waals surface area (Å²) >= 11 is 1.60. The third kappa shape index (κ3) is 4.73. The van der Waals surface area contributed by atoms with E-state index in [-0.39, 0.29) is 17.2 Å². The Morgan fingerprint density at radius 2 is 1.67 bits per heavy atom. The summed E-state index contributed by atoms with van der Waals surface area (Å²) < 4.78 is 0. The van der Waals surface area contributed by atoms with Crippen LogP contribution < -0.4 is 5.32 Å². The number of hydrogen-bond acceptors (Lipinski definition) is 2. The number of hydrogen-bond donors (Lipinski definition) is 1. The van der Waals surface area contributed by atoms with E-state index >= 15 is 0 Å². The second kappa shape index (κ2) is 6.83. The third-order valence-corrected chi connectivity index (χ3v) is 4.18. The Balaban J connectivity index is 2.52. The van der Waals surface area contributed by atoms with Gasteiger partial charge in [-0.15, -0.1) is 11.8 Å². The molecule has 18 heavy (non-hydrogen) atoms. The van der Waals surface area contributed by atoms with Gasteiger partial charge in [-0.3, -0.25) is 4.79 Å². The van der Waals surface area contributed by atoms with Crippen LogP contribution in [0.25, 0.3) is 0 Å². The molecule has 0 radical (unpaired) electrons. The first-order valence-corrected chi connectivity index (χ1v) is 7.32. The van der Waals surface area contributed by atoms with Gasteiger partial charge in [0.1, 0.15) is 0 Å². The largest absolute Gasteiger partial charge is 0.352 e. The zero-order chi connectivity index (χ0) is 13.7. The number of carbonyl (C=O) groups excluding carboxylic acids is 1. The molecule has 0 aliphatic carbocycles. The summed E-state index contributed by atoms with van der Waals surface area (Å²) in [6.07, 6.45) is 0. The first-order valence-electron chi connectivity index (χ1n) is 6.44. The minimum Gasteiger partial charge on any atom is -0.352 e. The average Bonchev–Trinajstić information content (AvgIpc) is 2.31. The standard InChI is InChI=1S/C15H23NOS/c1-10(2)12(4)16-15(17)13(5)18-14-8-6-11(3)7-9-14/h6-10,12-13H,1-5H3,(H,16,17)/t12-,13-/m0/s1. The highest BCUT2D eigenvalue weighted by molar-refractivity contribution is 8.00. The van der Waals surface area contributed by atoms with Gasteiger partial charge in [0.25, 0.3) is 0 Å². The van der Waals surface area contributed by atoms with E-state index in [2.05, 4.69) is 50.4 Å². The summed E-state index contributed by atoms with van der Waals surface area (Å²) in [5, 5.41) is 2.99. The van der Waals surface area contributed by atoms with Gasteiger partial charge >= 0.3 is 0 Å². The SMILES string of the molecule is Cc1ccc(S[C@@H](C)C(=O)N[C@@H](C)C(C)C)cc1. The molecule has 3 heteroatoms. The van der Waals surface area contributed by atoms with Crippen LogP contribution in [0, 0.1) is 12.8 Å². The van der Waals surface area contributed by atoms with Crippen LogP contribution in [0.5, 0.6) is 0 Å². The molecule has 1 aromatic rings. The van der Waals surface area contributed by atoms with Crippen molar-refractivity contribution in [2.24, 2.45) is 5.92 Å². The summed E-state index contributed by atoms with van der Waals surface area (Å²) in [4.78, 5) is 13.1. The van der Waals surface area contributed by atoms with Gasteiger partial charge in [-0.25, -0.2) is 0 Å². The first kappa shape index (κ1) is 15.1. The quantitative estimate of drug-likeness (QED) is 0.824. The maximum Gasteiger partial charge on any atom is 0.233 e. The molecule has 0 spiro atoms. The van der Waals surface area contributed by atoms with E-state index in [1.54, 1.807) is 11.8 Å². The van der Waals surface area contributed by atoms with E-state index in [0.29, 0.717) is 5.92 Å². The van der Waals surface area contributed by atoms with E-state index < -0.39 is 0 Å². The van der Waals surface area contributed by atoms with Crippen LogP contribution in [0.2, 0.25) is 0 Å². The normalized spacial score (nSPS) is 14.3. The van der Waals surface area contributed by atoms with Crippen molar-refractivity contribution in [1.82, 2.24) is 5.32 Å². The average molecular weight is 265 g/mol. The van der Waals surface area contributed by atoms with Crippen molar-refractivity contribution < 1.29 is 4.79 Å². The number of rotatable bonds is 5. The van der Waals surface area contributed by atoms with Gasteiger partial charge in [0, 0.05) is 10.9 Å². The van der Waals surface area contributed by atoms with Crippen LogP contribution in [-0.2, 0) is 4.79 Å². The van der Waals surface area contributed by atoms with E-state index in [1.165, 1.54) is 5.56 Å². The van der Waals surface area contributed by atoms with Crippen molar-refractivity contribution in [3.63, 3.8) is 0 Å². The number of aryl methyl sites for hydroxylation is 1. The van der Waals surface area contributed by atoms with Crippen molar-refractivity contribution in [3.8, 4) is 0 Å². The molecule has 0 saturated heterocycles. The third-order valence-electron chi connectivity index (χ3n) is 3.07. The molecule has 0 bridgehead atoms. The molecule has 0 saturated carbocycles. The van der Waals surface area contributed by atoms with E-state index in [9.17, 15) is 4.79 Å². The van der Waals surface area contributed by atoms with E-state index in [4.69, 9.17) is 0 Å². The number of amides is 1. The molecule has 0 fully saturated rings. The summed E-state index contributed by atoms with van der Waals surface area (Å²) in [7, 11) is 0. The predicted octanol–water partition coefficient (Wildman–Crippen LogP) is 3.64. The summed E-state index contributed by atoms with van der Waals surface area (Å²) in [6.45, 7) is 10.3. The Bertz CT molecular complexity index is 386. The molecule has 2 atom stereocenters. The summed E-state index contributed by atoms with van der Waals surface area (Å²) in [6, 6.07) is 8.50. The smallest absolute Gasteiger partial charge is 0.233 e. The highest BCUT2D eigenvalue weighted by Gasteiger charge is 2.17. The molecule has 0 heterocycles. The zero-order valence-corrected chi connectivity index (χ0v) is 12.7. The molecule has 1 rings (SSSR count). The Hall–Kier alpha value is -0.960. The van der Waals surface area contributed by atoms with E-state index in [1.807, 2.05) is 13.8 Å². The predicted molar refractivity (Wildman–Crippen MR) is 78.9 cm³/mol. The fourth-order valence-electron chi connectivity index (χ4n) is 1.38. The van der Waals surface area contributed by atoms with Crippen molar-refractivity contribution in [1.29, 1.82) is 0 Å². The Labute approximate surface area is 115 Å². The Morgan fingerprint density at radius 3 is 2.17 bits per heavy atom. The van der Waals surface area contributed by atoms with Gasteiger partial charge in [-0.1, -0.05) is 31.5 Å². The lowest BCUT2D eigenvalue weighted by Gasteiger charge is -2.20. The van der Waals surface area contributed by atoms with Crippen LogP contribution in [0.1, 0.15) is 33.3 Å². The van der Waals surface area contributed by atoms with Crippen LogP contribution in [-0.4, -0.2) is 17.2 Å². The monoisotopic (exact) mass is 265 g/mol. The van der Waals surface area contributed by atoms with Crippen LogP contribution in [0.4, 0.5) is 0 Å².